The van der Waals surface area contributed by atoms with Gasteiger partial charge in [0.2, 0.25) is 0 Å². The van der Waals surface area contributed by atoms with E-state index in [1.54, 1.807) is 6.20 Å². The summed E-state index contributed by atoms with van der Waals surface area (Å²) < 4.78 is 0. The first-order chi connectivity index (χ1) is 6.68. The summed E-state index contributed by atoms with van der Waals surface area (Å²) in [5, 5.41) is 12.1. The SMILES string of the molecule is CC1CC1Nc1cnccc1C(=O)O. The van der Waals surface area contributed by atoms with Crippen molar-refractivity contribution in [3.63, 3.8) is 0 Å². The van der Waals surface area contributed by atoms with Crippen LogP contribution in [0.15, 0.2) is 18.5 Å². The van der Waals surface area contributed by atoms with Gasteiger partial charge in [-0.05, 0) is 18.4 Å². The molecule has 4 nitrogen and oxygen atoms in total. The van der Waals surface area contributed by atoms with E-state index in [0.29, 0.717) is 23.2 Å². The Labute approximate surface area is 82.0 Å². The lowest BCUT2D eigenvalue weighted by Gasteiger charge is -2.07. The summed E-state index contributed by atoms with van der Waals surface area (Å²) in [5.41, 5.74) is 0.911. The molecule has 1 aliphatic carbocycles. The Kier molecular flexibility index (Phi) is 2.11. The Morgan fingerprint density at radius 2 is 2.43 bits per heavy atom. The van der Waals surface area contributed by atoms with Crippen molar-refractivity contribution in [3.8, 4) is 0 Å². The summed E-state index contributed by atoms with van der Waals surface area (Å²) in [6.45, 7) is 2.13. The first-order valence-electron chi connectivity index (χ1n) is 4.62. The highest BCUT2D eigenvalue weighted by Gasteiger charge is 2.33. The number of aromatic carboxylic acids is 1. The summed E-state index contributed by atoms with van der Waals surface area (Å²) in [4.78, 5) is 14.7. The maximum absolute atomic E-state index is 10.8. The van der Waals surface area contributed by atoms with Crippen LogP contribution in [0, 0.1) is 5.92 Å². The average Bonchev–Trinajstić information content (AvgIpc) is 2.82. The number of aromatic nitrogens is 1. The van der Waals surface area contributed by atoms with Gasteiger partial charge in [-0.25, -0.2) is 4.79 Å². The number of nitrogens with one attached hydrogen (secondary N) is 1. The molecule has 2 rings (SSSR count). The number of pyridine rings is 1. The third-order valence-corrected chi connectivity index (χ3v) is 2.50. The van der Waals surface area contributed by atoms with Crippen LogP contribution in [0.25, 0.3) is 0 Å². The molecule has 1 aromatic rings. The largest absolute Gasteiger partial charge is 0.478 e. The number of carbonyl (C=O) groups is 1. The van der Waals surface area contributed by atoms with Gasteiger partial charge in [0.15, 0.2) is 0 Å². The molecule has 1 aliphatic rings. The van der Waals surface area contributed by atoms with E-state index < -0.39 is 5.97 Å². The van der Waals surface area contributed by atoms with Gasteiger partial charge in [-0.2, -0.15) is 0 Å². The van der Waals surface area contributed by atoms with E-state index in [4.69, 9.17) is 5.11 Å². The summed E-state index contributed by atoms with van der Waals surface area (Å²) >= 11 is 0. The molecule has 2 N–H and O–H groups in total. The van der Waals surface area contributed by atoms with Crippen LogP contribution in [0.4, 0.5) is 5.69 Å². The van der Waals surface area contributed by atoms with Crippen molar-refractivity contribution in [1.29, 1.82) is 0 Å². The van der Waals surface area contributed by atoms with Gasteiger partial charge in [0.1, 0.15) is 0 Å². The molecule has 0 amide bonds. The molecule has 1 fully saturated rings. The van der Waals surface area contributed by atoms with Crippen LogP contribution in [0.5, 0.6) is 0 Å². The van der Waals surface area contributed by atoms with Crippen LogP contribution in [0.1, 0.15) is 23.7 Å². The molecule has 0 radical (unpaired) electrons. The minimum Gasteiger partial charge on any atom is -0.478 e. The minimum atomic E-state index is -0.914. The maximum Gasteiger partial charge on any atom is 0.337 e. The molecule has 2 unspecified atom stereocenters. The van der Waals surface area contributed by atoms with Gasteiger partial charge in [-0.15, -0.1) is 0 Å². The van der Waals surface area contributed by atoms with E-state index in [-0.39, 0.29) is 0 Å². The van der Waals surface area contributed by atoms with E-state index in [9.17, 15) is 4.79 Å². The van der Waals surface area contributed by atoms with E-state index in [0.717, 1.165) is 6.42 Å². The number of anilines is 1. The van der Waals surface area contributed by atoms with Crippen LogP contribution in [-0.4, -0.2) is 22.1 Å². The lowest BCUT2D eigenvalue weighted by Crippen LogP contribution is -2.09. The molecule has 0 bridgehead atoms. The quantitative estimate of drug-likeness (QED) is 0.763. The summed E-state index contributed by atoms with van der Waals surface area (Å²) in [7, 11) is 0. The number of carboxylic acid groups (broad SMARTS) is 1. The van der Waals surface area contributed by atoms with E-state index in [1.807, 2.05) is 0 Å². The molecule has 1 heterocycles. The highest BCUT2D eigenvalue weighted by molar-refractivity contribution is 5.93. The highest BCUT2D eigenvalue weighted by atomic mass is 16.4. The Morgan fingerprint density at radius 1 is 1.71 bits per heavy atom. The van der Waals surface area contributed by atoms with Crippen LogP contribution < -0.4 is 5.32 Å². The maximum atomic E-state index is 10.8. The van der Waals surface area contributed by atoms with Crippen molar-refractivity contribution in [2.45, 2.75) is 19.4 Å². The number of nitrogens with zero attached hydrogens (tertiary/aromatic N) is 1. The lowest BCUT2D eigenvalue weighted by molar-refractivity contribution is 0.0698. The number of carboxylic acids is 1. The Hall–Kier alpha value is -1.58. The van der Waals surface area contributed by atoms with Crippen molar-refractivity contribution in [1.82, 2.24) is 4.98 Å². The number of hydrogen-bond donors (Lipinski definition) is 2. The number of hydrogen-bond acceptors (Lipinski definition) is 3. The van der Waals surface area contributed by atoms with Crippen LogP contribution in [0.3, 0.4) is 0 Å². The lowest BCUT2D eigenvalue weighted by atomic mass is 10.2. The average molecular weight is 192 g/mol. The molecule has 4 heteroatoms. The number of rotatable bonds is 3. The molecule has 0 spiro atoms. The first-order valence-corrected chi connectivity index (χ1v) is 4.62. The molecule has 1 aromatic heterocycles. The van der Waals surface area contributed by atoms with Gasteiger partial charge < -0.3 is 10.4 Å². The van der Waals surface area contributed by atoms with E-state index in [2.05, 4.69) is 17.2 Å². The van der Waals surface area contributed by atoms with Gasteiger partial charge in [-0.1, -0.05) is 6.92 Å². The Morgan fingerprint density at radius 3 is 3.00 bits per heavy atom. The summed E-state index contributed by atoms with van der Waals surface area (Å²) in [5.74, 6) is -0.278. The molecule has 74 valence electrons. The van der Waals surface area contributed by atoms with Crippen molar-refractivity contribution in [2.24, 2.45) is 5.92 Å². The van der Waals surface area contributed by atoms with Crippen LogP contribution >= 0.6 is 0 Å². The third-order valence-electron chi connectivity index (χ3n) is 2.50. The molecule has 0 aromatic carbocycles. The van der Waals surface area contributed by atoms with E-state index >= 15 is 0 Å². The zero-order chi connectivity index (χ0) is 10.1. The van der Waals surface area contributed by atoms with Crippen LogP contribution in [0.2, 0.25) is 0 Å². The molecule has 0 saturated heterocycles. The zero-order valence-electron chi connectivity index (χ0n) is 7.90. The Balaban J connectivity index is 2.19. The van der Waals surface area contributed by atoms with Gasteiger partial charge in [0.05, 0.1) is 17.4 Å². The van der Waals surface area contributed by atoms with E-state index in [1.165, 1.54) is 12.3 Å². The molecule has 14 heavy (non-hydrogen) atoms. The fourth-order valence-corrected chi connectivity index (χ4v) is 1.42. The van der Waals surface area contributed by atoms with Gasteiger partial charge in [-0.3, -0.25) is 4.98 Å². The zero-order valence-corrected chi connectivity index (χ0v) is 7.90. The summed E-state index contributed by atoms with van der Waals surface area (Å²) in [6, 6.07) is 1.93. The van der Waals surface area contributed by atoms with Crippen LogP contribution in [-0.2, 0) is 0 Å². The second kappa shape index (κ2) is 3.29. The normalized spacial score (nSPS) is 24.4. The fraction of sp³-hybridized carbons (Fsp3) is 0.400. The second-order valence-electron chi connectivity index (χ2n) is 3.69. The molecule has 2 atom stereocenters. The Bertz CT molecular complexity index is 365. The minimum absolute atomic E-state index is 0.291. The van der Waals surface area contributed by atoms with Crippen molar-refractivity contribution >= 4 is 11.7 Å². The predicted octanol–water partition coefficient (Wildman–Crippen LogP) is 1.60. The summed E-state index contributed by atoms with van der Waals surface area (Å²) in [6.07, 6.45) is 4.16. The highest BCUT2D eigenvalue weighted by Crippen LogP contribution is 2.33. The second-order valence-corrected chi connectivity index (χ2v) is 3.69. The van der Waals surface area contributed by atoms with Crippen molar-refractivity contribution in [2.75, 3.05) is 5.32 Å². The molecule has 0 aliphatic heterocycles. The first kappa shape index (κ1) is 8.99. The fourth-order valence-electron chi connectivity index (χ4n) is 1.42. The molecular formula is C10H12N2O2. The topological polar surface area (TPSA) is 62.2 Å². The molecular weight excluding hydrogens is 180 g/mol. The van der Waals surface area contributed by atoms with Crippen molar-refractivity contribution in [3.05, 3.63) is 24.0 Å². The standard InChI is InChI=1S/C10H12N2O2/c1-6-4-8(6)12-9-5-11-3-2-7(9)10(13)14/h2-3,5-6,8,12H,4H2,1H3,(H,13,14). The van der Waals surface area contributed by atoms with Gasteiger partial charge in [0.25, 0.3) is 0 Å². The van der Waals surface area contributed by atoms with Gasteiger partial charge >= 0.3 is 5.97 Å². The monoisotopic (exact) mass is 192 g/mol. The predicted molar refractivity (Wildman–Crippen MR) is 52.4 cm³/mol. The van der Waals surface area contributed by atoms with Gasteiger partial charge in [0, 0.05) is 12.2 Å². The molecule has 1 saturated carbocycles. The smallest absolute Gasteiger partial charge is 0.337 e. The third kappa shape index (κ3) is 1.69. The van der Waals surface area contributed by atoms with Crippen molar-refractivity contribution < 1.29 is 9.90 Å².